The summed E-state index contributed by atoms with van der Waals surface area (Å²) in [4.78, 5) is 11.2. The first kappa shape index (κ1) is 25.4. The largest absolute Gasteiger partial charge is 0.490 e. The molecular weight excluding hydrogens is 408 g/mol. The number of rotatable bonds is 15. The lowest BCUT2D eigenvalue weighted by Gasteiger charge is -2.15. The second-order valence-electron chi connectivity index (χ2n) is 7.31. The molecule has 0 aliphatic carbocycles. The van der Waals surface area contributed by atoms with Gasteiger partial charge in [0.05, 0.1) is 0 Å². The van der Waals surface area contributed by atoms with Gasteiger partial charge < -0.3 is 24.1 Å². The molecule has 2 aromatic rings. The Kier molecular flexibility index (Phi) is 11.3. The van der Waals surface area contributed by atoms with Crippen molar-refractivity contribution in [3.05, 3.63) is 60.2 Å². The standard InChI is InChI=1S/C26H34O6/c1-4-7-8-9-20-10-11-25(21(5-2)14-20)22-15-23(30-12-13-31-26(28)6-3)17-24(16-22)32-19-29-18-27/h6,10-11,14-17,27H,3-5,7-9,12-13,18-19H2,1-2H3. The quantitative estimate of drug-likeness (QED) is 0.180. The van der Waals surface area contributed by atoms with Crippen molar-refractivity contribution in [2.45, 2.75) is 46.0 Å². The Hall–Kier alpha value is -2.83. The average molecular weight is 443 g/mol. The minimum atomic E-state index is -0.487. The van der Waals surface area contributed by atoms with Crippen LogP contribution in [0.3, 0.4) is 0 Å². The number of benzene rings is 2. The number of carbonyl (C=O) groups is 1. The van der Waals surface area contributed by atoms with Crippen molar-refractivity contribution in [1.29, 1.82) is 0 Å². The fourth-order valence-corrected chi connectivity index (χ4v) is 3.36. The summed E-state index contributed by atoms with van der Waals surface area (Å²) in [5, 5.41) is 8.84. The number of unbranched alkanes of at least 4 members (excludes halogenated alkanes) is 2. The smallest absolute Gasteiger partial charge is 0.330 e. The third-order valence-corrected chi connectivity index (χ3v) is 4.97. The molecule has 6 heteroatoms. The summed E-state index contributed by atoms with van der Waals surface area (Å²) in [6, 6.07) is 12.2. The molecule has 0 saturated heterocycles. The Labute approximate surface area is 190 Å². The predicted molar refractivity (Wildman–Crippen MR) is 125 cm³/mol. The van der Waals surface area contributed by atoms with Crippen LogP contribution < -0.4 is 9.47 Å². The molecule has 6 nitrogen and oxygen atoms in total. The van der Waals surface area contributed by atoms with Gasteiger partial charge in [-0.25, -0.2) is 4.79 Å². The zero-order valence-electron chi connectivity index (χ0n) is 19.1. The van der Waals surface area contributed by atoms with E-state index in [9.17, 15) is 4.79 Å². The van der Waals surface area contributed by atoms with Gasteiger partial charge in [-0.05, 0) is 53.6 Å². The molecule has 0 bridgehead atoms. The number of hydrogen-bond acceptors (Lipinski definition) is 6. The van der Waals surface area contributed by atoms with Gasteiger partial charge in [0, 0.05) is 12.1 Å². The highest BCUT2D eigenvalue weighted by molar-refractivity contribution is 5.81. The number of aliphatic hydroxyl groups is 1. The van der Waals surface area contributed by atoms with E-state index in [0.29, 0.717) is 11.5 Å². The third kappa shape index (κ3) is 8.36. The zero-order valence-corrected chi connectivity index (χ0v) is 19.1. The number of hydrogen-bond donors (Lipinski definition) is 1. The Morgan fingerprint density at radius 2 is 1.81 bits per heavy atom. The lowest BCUT2D eigenvalue weighted by atomic mass is 9.94. The van der Waals surface area contributed by atoms with Crippen LogP contribution in [0, 0.1) is 0 Å². The van der Waals surface area contributed by atoms with Crippen LogP contribution in [0.2, 0.25) is 0 Å². The molecule has 2 rings (SSSR count). The normalized spacial score (nSPS) is 10.6. The van der Waals surface area contributed by atoms with E-state index in [0.717, 1.165) is 30.0 Å². The first-order valence-electron chi connectivity index (χ1n) is 11.1. The molecule has 0 aliphatic heterocycles. The molecule has 0 atom stereocenters. The van der Waals surface area contributed by atoms with E-state index in [-0.39, 0.29) is 20.0 Å². The lowest BCUT2D eigenvalue weighted by molar-refractivity contribution is -0.138. The number of esters is 1. The summed E-state index contributed by atoms with van der Waals surface area (Å²) < 4.78 is 21.3. The number of aryl methyl sites for hydroxylation is 2. The molecule has 0 fully saturated rings. The molecule has 0 radical (unpaired) electrons. The highest BCUT2D eigenvalue weighted by atomic mass is 16.7. The van der Waals surface area contributed by atoms with Crippen molar-refractivity contribution in [3.63, 3.8) is 0 Å². The summed E-state index contributed by atoms with van der Waals surface area (Å²) >= 11 is 0. The topological polar surface area (TPSA) is 74.2 Å². The zero-order chi connectivity index (χ0) is 23.2. The molecule has 0 amide bonds. The lowest BCUT2D eigenvalue weighted by Crippen LogP contribution is -2.10. The van der Waals surface area contributed by atoms with Crippen LogP contribution in [0.1, 0.15) is 44.2 Å². The number of carbonyl (C=O) groups excluding carboxylic acids is 1. The van der Waals surface area contributed by atoms with Crippen LogP contribution in [0.15, 0.2) is 49.1 Å². The summed E-state index contributed by atoms with van der Waals surface area (Å²) in [5.41, 5.74) is 4.68. The molecule has 2 aromatic carbocycles. The first-order valence-corrected chi connectivity index (χ1v) is 11.1. The van der Waals surface area contributed by atoms with Gasteiger partial charge >= 0.3 is 5.97 Å². The number of ether oxygens (including phenoxy) is 4. The Bertz CT molecular complexity index is 861. The Morgan fingerprint density at radius 3 is 2.50 bits per heavy atom. The van der Waals surface area contributed by atoms with Gasteiger partial charge in [-0.1, -0.05) is 51.5 Å². The first-order chi connectivity index (χ1) is 15.6. The van der Waals surface area contributed by atoms with Crippen LogP contribution in [-0.2, 0) is 27.1 Å². The van der Waals surface area contributed by atoms with E-state index in [4.69, 9.17) is 24.1 Å². The van der Waals surface area contributed by atoms with Crippen LogP contribution in [0.25, 0.3) is 11.1 Å². The summed E-state index contributed by atoms with van der Waals surface area (Å²) in [6.45, 7) is 7.55. The maximum absolute atomic E-state index is 11.2. The Balaban J connectivity index is 2.24. The van der Waals surface area contributed by atoms with Crippen LogP contribution in [-0.4, -0.2) is 37.9 Å². The fourth-order valence-electron chi connectivity index (χ4n) is 3.36. The summed E-state index contributed by atoms with van der Waals surface area (Å²) in [6.07, 6.45) is 6.75. The van der Waals surface area contributed by atoms with E-state index >= 15 is 0 Å². The van der Waals surface area contributed by atoms with Crippen LogP contribution >= 0.6 is 0 Å². The van der Waals surface area contributed by atoms with Gasteiger partial charge in [-0.3, -0.25) is 0 Å². The van der Waals surface area contributed by atoms with Gasteiger partial charge in [0.25, 0.3) is 0 Å². The monoisotopic (exact) mass is 442 g/mol. The average Bonchev–Trinajstić information content (AvgIpc) is 2.81. The minimum Gasteiger partial charge on any atom is -0.490 e. The van der Waals surface area contributed by atoms with Crippen molar-refractivity contribution < 1.29 is 28.8 Å². The molecule has 174 valence electrons. The van der Waals surface area contributed by atoms with Gasteiger partial charge in [0.1, 0.15) is 31.5 Å². The second kappa shape index (κ2) is 14.3. The maximum Gasteiger partial charge on any atom is 0.330 e. The van der Waals surface area contributed by atoms with Crippen LogP contribution in [0.4, 0.5) is 0 Å². The maximum atomic E-state index is 11.2. The van der Waals surface area contributed by atoms with E-state index in [1.165, 1.54) is 30.4 Å². The Morgan fingerprint density at radius 1 is 1.03 bits per heavy atom. The molecule has 0 aromatic heterocycles. The van der Waals surface area contributed by atoms with Crippen molar-refractivity contribution in [2.24, 2.45) is 0 Å². The molecule has 0 aliphatic rings. The highest BCUT2D eigenvalue weighted by Gasteiger charge is 2.10. The number of aliphatic hydroxyl groups excluding tert-OH is 1. The van der Waals surface area contributed by atoms with Crippen LogP contribution in [0.5, 0.6) is 11.5 Å². The van der Waals surface area contributed by atoms with Gasteiger partial charge in [0.2, 0.25) is 0 Å². The van der Waals surface area contributed by atoms with Crippen molar-refractivity contribution in [2.75, 3.05) is 26.8 Å². The molecule has 32 heavy (non-hydrogen) atoms. The summed E-state index contributed by atoms with van der Waals surface area (Å²) in [7, 11) is 0. The predicted octanol–water partition coefficient (Wildman–Crippen LogP) is 5.06. The van der Waals surface area contributed by atoms with Gasteiger partial charge in [-0.2, -0.15) is 0 Å². The molecule has 0 heterocycles. The molecule has 0 saturated carbocycles. The van der Waals surface area contributed by atoms with Gasteiger partial charge in [0.15, 0.2) is 6.79 Å². The van der Waals surface area contributed by atoms with Crippen molar-refractivity contribution in [3.8, 4) is 22.6 Å². The van der Waals surface area contributed by atoms with E-state index < -0.39 is 12.8 Å². The van der Waals surface area contributed by atoms with E-state index in [2.05, 4.69) is 38.6 Å². The van der Waals surface area contributed by atoms with Crippen molar-refractivity contribution in [1.82, 2.24) is 0 Å². The third-order valence-electron chi connectivity index (χ3n) is 4.97. The second-order valence-corrected chi connectivity index (χ2v) is 7.31. The molecule has 1 N–H and O–H groups in total. The fraction of sp³-hybridized carbons (Fsp3) is 0.423. The van der Waals surface area contributed by atoms with E-state index in [1.807, 2.05) is 12.1 Å². The van der Waals surface area contributed by atoms with Gasteiger partial charge in [-0.15, -0.1) is 0 Å². The summed E-state index contributed by atoms with van der Waals surface area (Å²) in [5.74, 6) is 0.660. The van der Waals surface area contributed by atoms with Crippen molar-refractivity contribution >= 4 is 5.97 Å². The SMILES string of the molecule is C=CC(=O)OCCOc1cc(OCOCO)cc(-c2ccc(CCCCC)cc2CC)c1. The molecule has 0 unspecified atom stereocenters. The van der Waals surface area contributed by atoms with E-state index in [1.54, 1.807) is 6.07 Å². The molecular formula is C26H34O6. The minimum absolute atomic E-state index is 0.0760. The highest BCUT2D eigenvalue weighted by Crippen LogP contribution is 2.33. The molecule has 0 spiro atoms.